The van der Waals surface area contributed by atoms with Crippen LogP contribution in [0.1, 0.15) is 25.6 Å². The zero-order valence-corrected chi connectivity index (χ0v) is 19.5. The first-order valence-electron chi connectivity index (χ1n) is 10.1. The van der Waals surface area contributed by atoms with E-state index in [1.165, 1.54) is 17.4 Å². The maximum absolute atomic E-state index is 12.7. The number of hydrogen-bond acceptors (Lipinski definition) is 6. The monoisotopic (exact) mass is 486 g/mol. The van der Waals surface area contributed by atoms with Crippen LogP contribution in [0, 0.1) is 0 Å². The summed E-state index contributed by atoms with van der Waals surface area (Å²) >= 11 is 7.40. The van der Waals surface area contributed by atoms with Crippen molar-refractivity contribution in [3.05, 3.63) is 87.1 Å². The fourth-order valence-electron chi connectivity index (χ4n) is 2.95. The van der Waals surface area contributed by atoms with Crippen molar-refractivity contribution in [2.45, 2.75) is 6.54 Å². The minimum absolute atomic E-state index is 0.148. The average molecular weight is 487 g/mol. The summed E-state index contributed by atoms with van der Waals surface area (Å²) in [6.45, 7) is 0.724. The highest BCUT2D eigenvalue weighted by molar-refractivity contribution is 7.09. The second-order valence-corrected chi connectivity index (χ2v) is 8.44. The average Bonchev–Trinajstić information content (AvgIpc) is 3.34. The molecule has 3 aromatic rings. The molecule has 1 heterocycles. The van der Waals surface area contributed by atoms with Crippen molar-refractivity contribution in [1.82, 2.24) is 4.90 Å². The van der Waals surface area contributed by atoms with Gasteiger partial charge in [0.25, 0.3) is 11.8 Å². The number of benzene rings is 2. The molecule has 0 aliphatic heterocycles. The zero-order valence-electron chi connectivity index (χ0n) is 18.0. The van der Waals surface area contributed by atoms with Crippen LogP contribution in [-0.2, 0) is 20.8 Å². The number of esters is 1. The van der Waals surface area contributed by atoms with Crippen LogP contribution in [0.4, 0.5) is 5.69 Å². The van der Waals surface area contributed by atoms with Gasteiger partial charge in [-0.3, -0.25) is 9.59 Å². The number of amides is 2. The van der Waals surface area contributed by atoms with Crippen molar-refractivity contribution < 1.29 is 23.9 Å². The summed E-state index contributed by atoms with van der Waals surface area (Å²) in [6.07, 6.45) is 0. The summed E-state index contributed by atoms with van der Waals surface area (Å²) < 4.78 is 10.4. The summed E-state index contributed by atoms with van der Waals surface area (Å²) in [5.41, 5.74) is 0.819. The Morgan fingerprint density at radius 1 is 1.03 bits per heavy atom. The van der Waals surface area contributed by atoms with Crippen LogP contribution in [-0.4, -0.2) is 49.6 Å². The van der Waals surface area contributed by atoms with E-state index in [4.69, 9.17) is 21.1 Å². The standard InChI is InChI=1S/C24H23ClN2O5S/c1-31-13-12-27(15-19-5-4-14-33-19)22(28)16-32-24(30)20-6-2-3-7-21(20)26-23(29)17-8-10-18(25)11-9-17/h2-11,14H,12-13,15-16H2,1H3,(H,26,29). The molecule has 1 aromatic heterocycles. The molecule has 0 radical (unpaired) electrons. The molecule has 0 unspecified atom stereocenters. The number of thiophene rings is 1. The van der Waals surface area contributed by atoms with Gasteiger partial charge in [-0.15, -0.1) is 11.3 Å². The summed E-state index contributed by atoms with van der Waals surface area (Å²) in [6, 6.07) is 16.7. The Labute approximate surface area is 200 Å². The minimum atomic E-state index is -0.710. The van der Waals surface area contributed by atoms with Gasteiger partial charge in [-0.05, 0) is 47.8 Å². The third kappa shape index (κ3) is 7.15. The van der Waals surface area contributed by atoms with Gasteiger partial charge < -0.3 is 19.7 Å². The SMILES string of the molecule is COCCN(Cc1cccs1)C(=O)COC(=O)c1ccccc1NC(=O)c1ccc(Cl)cc1. The van der Waals surface area contributed by atoms with Crippen molar-refractivity contribution in [2.75, 3.05) is 32.2 Å². The lowest BCUT2D eigenvalue weighted by Gasteiger charge is -2.21. The molecule has 9 heteroatoms. The van der Waals surface area contributed by atoms with E-state index in [1.54, 1.807) is 54.5 Å². The lowest BCUT2D eigenvalue weighted by molar-refractivity contribution is -0.135. The molecule has 1 N–H and O–H groups in total. The predicted octanol–water partition coefficient (Wildman–Crippen LogP) is 4.49. The Kier molecular flexibility index (Phi) is 9.00. The Morgan fingerprint density at radius 3 is 2.48 bits per heavy atom. The Morgan fingerprint density at radius 2 is 1.79 bits per heavy atom. The number of halogens is 1. The lowest BCUT2D eigenvalue weighted by Crippen LogP contribution is -2.36. The molecule has 0 aliphatic carbocycles. The van der Waals surface area contributed by atoms with Gasteiger partial charge >= 0.3 is 5.97 Å². The molecule has 0 fully saturated rings. The van der Waals surface area contributed by atoms with Crippen molar-refractivity contribution in [3.8, 4) is 0 Å². The molecule has 172 valence electrons. The maximum atomic E-state index is 12.7. The molecular formula is C24H23ClN2O5S. The number of carbonyl (C=O) groups is 3. The molecule has 2 amide bonds. The molecule has 0 bridgehead atoms. The quantitative estimate of drug-likeness (QED) is 0.427. The highest BCUT2D eigenvalue weighted by Crippen LogP contribution is 2.19. The highest BCUT2D eigenvalue weighted by atomic mass is 35.5. The van der Waals surface area contributed by atoms with Gasteiger partial charge in [0, 0.05) is 29.1 Å². The molecule has 2 aromatic carbocycles. The van der Waals surface area contributed by atoms with Gasteiger partial charge in [0.15, 0.2) is 6.61 Å². The van der Waals surface area contributed by atoms with Gasteiger partial charge in [-0.2, -0.15) is 0 Å². The van der Waals surface area contributed by atoms with Gasteiger partial charge in [0.05, 0.1) is 24.4 Å². The Balaban J connectivity index is 1.64. The van der Waals surface area contributed by atoms with Crippen molar-refractivity contribution in [3.63, 3.8) is 0 Å². The van der Waals surface area contributed by atoms with Gasteiger partial charge in [-0.25, -0.2) is 4.79 Å². The molecule has 0 saturated heterocycles. The van der Waals surface area contributed by atoms with E-state index in [0.29, 0.717) is 30.3 Å². The van der Waals surface area contributed by atoms with Crippen LogP contribution in [0.2, 0.25) is 5.02 Å². The molecule has 0 atom stereocenters. The van der Waals surface area contributed by atoms with Crippen molar-refractivity contribution in [2.24, 2.45) is 0 Å². The number of nitrogens with one attached hydrogen (secondary N) is 1. The van der Waals surface area contributed by atoms with Crippen LogP contribution in [0.3, 0.4) is 0 Å². The topological polar surface area (TPSA) is 84.9 Å². The highest BCUT2D eigenvalue weighted by Gasteiger charge is 2.20. The van der Waals surface area contributed by atoms with E-state index < -0.39 is 18.5 Å². The number of para-hydroxylation sites is 1. The second-order valence-electron chi connectivity index (χ2n) is 6.97. The zero-order chi connectivity index (χ0) is 23.6. The number of carbonyl (C=O) groups excluding carboxylic acids is 3. The van der Waals surface area contributed by atoms with Gasteiger partial charge in [0.1, 0.15) is 0 Å². The van der Waals surface area contributed by atoms with Crippen molar-refractivity contribution in [1.29, 1.82) is 0 Å². The van der Waals surface area contributed by atoms with E-state index in [2.05, 4.69) is 5.32 Å². The summed E-state index contributed by atoms with van der Waals surface area (Å²) in [7, 11) is 1.56. The van der Waals surface area contributed by atoms with E-state index >= 15 is 0 Å². The van der Waals surface area contributed by atoms with E-state index in [1.807, 2.05) is 17.5 Å². The van der Waals surface area contributed by atoms with E-state index in [-0.39, 0.29) is 17.2 Å². The summed E-state index contributed by atoms with van der Waals surface area (Å²) in [5.74, 6) is -1.45. The Bertz CT molecular complexity index is 1090. The van der Waals surface area contributed by atoms with Gasteiger partial charge in [0.2, 0.25) is 0 Å². The third-order valence-electron chi connectivity index (χ3n) is 4.67. The Hall–Kier alpha value is -3.20. The van der Waals surface area contributed by atoms with Crippen LogP contribution in [0.5, 0.6) is 0 Å². The number of hydrogen-bond donors (Lipinski definition) is 1. The molecule has 3 rings (SSSR count). The molecule has 0 spiro atoms. The van der Waals surface area contributed by atoms with E-state index in [0.717, 1.165) is 4.88 Å². The van der Waals surface area contributed by atoms with Gasteiger partial charge in [-0.1, -0.05) is 29.8 Å². The normalized spacial score (nSPS) is 10.5. The fourth-order valence-corrected chi connectivity index (χ4v) is 3.79. The molecule has 7 nitrogen and oxygen atoms in total. The molecule has 0 saturated carbocycles. The lowest BCUT2D eigenvalue weighted by atomic mass is 10.1. The van der Waals surface area contributed by atoms with Crippen LogP contribution in [0.15, 0.2) is 66.0 Å². The largest absolute Gasteiger partial charge is 0.452 e. The van der Waals surface area contributed by atoms with Crippen LogP contribution >= 0.6 is 22.9 Å². The number of methoxy groups -OCH3 is 1. The number of anilines is 1. The first-order valence-corrected chi connectivity index (χ1v) is 11.4. The maximum Gasteiger partial charge on any atom is 0.340 e. The molecular weight excluding hydrogens is 464 g/mol. The fraction of sp³-hybridized carbons (Fsp3) is 0.208. The smallest absolute Gasteiger partial charge is 0.340 e. The van der Waals surface area contributed by atoms with E-state index in [9.17, 15) is 14.4 Å². The summed E-state index contributed by atoms with van der Waals surface area (Å²) in [5, 5.41) is 5.15. The number of nitrogens with zero attached hydrogens (tertiary/aromatic N) is 1. The first kappa shape index (κ1) is 24.4. The molecule has 33 heavy (non-hydrogen) atoms. The third-order valence-corrected chi connectivity index (χ3v) is 5.79. The van der Waals surface area contributed by atoms with Crippen LogP contribution in [0.25, 0.3) is 0 Å². The second kappa shape index (κ2) is 12.2. The predicted molar refractivity (Wildman–Crippen MR) is 128 cm³/mol. The summed E-state index contributed by atoms with van der Waals surface area (Å²) in [4.78, 5) is 40.5. The first-order chi connectivity index (χ1) is 16.0. The number of ether oxygens (including phenoxy) is 2. The van der Waals surface area contributed by atoms with Crippen LogP contribution < -0.4 is 5.32 Å². The minimum Gasteiger partial charge on any atom is -0.452 e. The van der Waals surface area contributed by atoms with Crippen molar-refractivity contribution >= 4 is 46.4 Å². The molecule has 0 aliphatic rings. The number of rotatable bonds is 10.